The summed E-state index contributed by atoms with van der Waals surface area (Å²) in [4.78, 5) is 24.5. The molecule has 0 aliphatic heterocycles. The first kappa shape index (κ1) is 18.5. The van der Waals surface area contributed by atoms with Gasteiger partial charge in [0.1, 0.15) is 12.2 Å². The predicted octanol–water partition coefficient (Wildman–Crippen LogP) is 2.83. The van der Waals surface area contributed by atoms with Crippen LogP contribution in [0, 0.1) is 0 Å². The van der Waals surface area contributed by atoms with Crippen LogP contribution in [0.3, 0.4) is 0 Å². The van der Waals surface area contributed by atoms with Crippen LogP contribution in [0.2, 0.25) is 0 Å². The molecule has 0 aliphatic carbocycles. The third-order valence-electron chi connectivity index (χ3n) is 3.38. The molecule has 134 valence electrons. The summed E-state index contributed by atoms with van der Waals surface area (Å²) in [6.45, 7) is 1.54. The number of aromatic nitrogens is 2. The first-order valence-corrected chi connectivity index (χ1v) is 7.46. The highest BCUT2D eigenvalue weighted by Crippen LogP contribution is 2.30. The lowest BCUT2D eigenvalue weighted by atomic mass is 10.1. The number of halogens is 3. The summed E-state index contributed by atoms with van der Waals surface area (Å²) in [5, 5.41) is 12.6. The molecular weight excluding hydrogens is 339 g/mol. The van der Waals surface area contributed by atoms with E-state index in [2.05, 4.69) is 5.10 Å². The van der Waals surface area contributed by atoms with Gasteiger partial charge in [0, 0.05) is 12.1 Å². The second-order valence-electron chi connectivity index (χ2n) is 5.30. The van der Waals surface area contributed by atoms with Gasteiger partial charge in [0.05, 0.1) is 11.9 Å². The summed E-state index contributed by atoms with van der Waals surface area (Å²) in [5.74, 6) is -1.73. The largest absolute Gasteiger partial charge is 0.480 e. The van der Waals surface area contributed by atoms with Gasteiger partial charge in [-0.05, 0) is 30.7 Å². The molecule has 0 atom stereocenters. The van der Waals surface area contributed by atoms with E-state index in [0.29, 0.717) is 11.1 Å². The lowest BCUT2D eigenvalue weighted by Crippen LogP contribution is -2.36. The van der Waals surface area contributed by atoms with Gasteiger partial charge in [-0.2, -0.15) is 18.3 Å². The van der Waals surface area contributed by atoms with Crippen molar-refractivity contribution in [3.05, 3.63) is 47.8 Å². The van der Waals surface area contributed by atoms with Gasteiger partial charge in [-0.25, -0.2) is 4.68 Å². The van der Waals surface area contributed by atoms with Crippen molar-refractivity contribution in [2.45, 2.75) is 19.5 Å². The SMILES string of the molecule is CCCN(CC(=O)O)C(=O)c1cccc(-n2nccc2C(F)(F)F)c1. The number of hydrogen-bond donors (Lipinski definition) is 1. The maximum atomic E-state index is 13.0. The normalized spacial score (nSPS) is 11.4. The molecule has 1 heterocycles. The van der Waals surface area contributed by atoms with Crippen LogP contribution < -0.4 is 0 Å². The highest BCUT2D eigenvalue weighted by atomic mass is 19.4. The highest BCUT2D eigenvalue weighted by Gasteiger charge is 2.35. The first-order valence-electron chi connectivity index (χ1n) is 7.46. The number of benzene rings is 1. The predicted molar refractivity (Wildman–Crippen MR) is 82.4 cm³/mol. The molecule has 0 saturated carbocycles. The van der Waals surface area contributed by atoms with Gasteiger partial charge in [0.25, 0.3) is 5.91 Å². The number of amides is 1. The van der Waals surface area contributed by atoms with Crippen LogP contribution in [0.1, 0.15) is 29.4 Å². The fourth-order valence-electron chi connectivity index (χ4n) is 2.36. The van der Waals surface area contributed by atoms with Crippen molar-refractivity contribution in [1.29, 1.82) is 0 Å². The molecule has 0 radical (unpaired) electrons. The number of carboxylic acid groups (broad SMARTS) is 1. The Balaban J connectivity index is 2.37. The fraction of sp³-hybridized carbons (Fsp3) is 0.312. The Bertz CT molecular complexity index is 771. The number of alkyl halides is 3. The van der Waals surface area contributed by atoms with E-state index < -0.39 is 30.3 Å². The number of hydrogen-bond acceptors (Lipinski definition) is 3. The summed E-state index contributed by atoms with van der Waals surface area (Å²) >= 11 is 0. The molecule has 1 N–H and O–H groups in total. The van der Waals surface area contributed by atoms with E-state index in [1.165, 1.54) is 24.3 Å². The molecule has 2 aromatic rings. The van der Waals surface area contributed by atoms with Crippen LogP contribution in [0.5, 0.6) is 0 Å². The fourth-order valence-corrected chi connectivity index (χ4v) is 2.36. The van der Waals surface area contributed by atoms with Crippen LogP contribution in [0.25, 0.3) is 5.69 Å². The monoisotopic (exact) mass is 355 g/mol. The minimum Gasteiger partial charge on any atom is -0.480 e. The molecule has 9 heteroatoms. The number of carboxylic acids is 1. The summed E-state index contributed by atoms with van der Waals surface area (Å²) in [6, 6.07) is 6.33. The van der Waals surface area contributed by atoms with Crippen LogP contribution in [0.15, 0.2) is 36.5 Å². The first-order chi connectivity index (χ1) is 11.7. The van der Waals surface area contributed by atoms with E-state index >= 15 is 0 Å². The van der Waals surface area contributed by atoms with E-state index in [0.717, 1.165) is 17.2 Å². The third kappa shape index (κ3) is 4.37. The zero-order valence-electron chi connectivity index (χ0n) is 13.3. The van der Waals surface area contributed by atoms with Crippen molar-refractivity contribution >= 4 is 11.9 Å². The molecule has 2 rings (SSSR count). The Morgan fingerprint density at radius 3 is 2.60 bits per heavy atom. The second-order valence-corrected chi connectivity index (χ2v) is 5.30. The summed E-state index contributed by atoms with van der Waals surface area (Å²) in [5.41, 5.74) is -0.807. The molecule has 0 aliphatic rings. The van der Waals surface area contributed by atoms with Gasteiger partial charge in [-0.3, -0.25) is 9.59 Å². The van der Waals surface area contributed by atoms with Crippen LogP contribution in [-0.2, 0) is 11.0 Å². The topological polar surface area (TPSA) is 75.4 Å². The summed E-state index contributed by atoms with van der Waals surface area (Å²) in [6.07, 6.45) is -3.02. The van der Waals surface area contributed by atoms with Crippen LogP contribution >= 0.6 is 0 Å². The maximum absolute atomic E-state index is 13.0. The molecule has 1 aromatic heterocycles. The Hall–Kier alpha value is -2.84. The number of rotatable bonds is 6. The second kappa shape index (κ2) is 7.37. The molecule has 1 aromatic carbocycles. The molecule has 1 amide bonds. The molecule has 25 heavy (non-hydrogen) atoms. The van der Waals surface area contributed by atoms with Gasteiger partial charge in [0.15, 0.2) is 0 Å². The van der Waals surface area contributed by atoms with Gasteiger partial charge < -0.3 is 10.0 Å². The molecule has 0 fully saturated rings. The van der Waals surface area contributed by atoms with Gasteiger partial charge in [-0.15, -0.1) is 0 Å². The van der Waals surface area contributed by atoms with E-state index in [1.807, 2.05) is 0 Å². The van der Waals surface area contributed by atoms with E-state index in [4.69, 9.17) is 5.11 Å². The summed E-state index contributed by atoms with van der Waals surface area (Å²) in [7, 11) is 0. The van der Waals surface area contributed by atoms with Crippen LogP contribution in [0.4, 0.5) is 13.2 Å². The minimum absolute atomic E-state index is 0.0648. The zero-order chi connectivity index (χ0) is 18.6. The lowest BCUT2D eigenvalue weighted by molar-refractivity contribution is -0.143. The maximum Gasteiger partial charge on any atom is 0.433 e. The molecule has 0 unspecified atom stereocenters. The van der Waals surface area contributed by atoms with Crippen molar-refractivity contribution in [3.8, 4) is 5.69 Å². The van der Waals surface area contributed by atoms with Crippen LogP contribution in [-0.4, -0.2) is 44.8 Å². The quantitative estimate of drug-likeness (QED) is 0.865. The lowest BCUT2D eigenvalue weighted by Gasteiger charge is -2.20. The molecule has 0 spiro atoms. The number of carbonyl (C=O) groups is 2. The van der Waals surface area contributed by atoms with Gasteiger partial charge in [-0.1, -0.05) is 13.0 Å². The minimum atomic E-state index is -4.59. The van der Waals surface area contributed by atoms with Crippen molar-refractivity contribution < 1.29 is 27.9 Å². The molecule has 0 saturated heterocycles. The van der Waals surface area contributed by atoms with E-state index in [1.54, 1.807) is 6.92 Å². The standard InChI is InChI=1S/C16H16F3N3O3/c1-2-8-21(10-14(23)24)15(25)11-4-3-5-12(9-11)22-13(6-7-20-22)16(17,18)19/h3-7,9H,2,8,10H2,1H3,(H,23,24). The Kier molecular flexibility index (Phi) is 5.45. The van der Waals surface area contributed by atoms with E-state index in [-0.39, 0.29) is 17.8 Å². The molecule has 0 bridgehead atoms. The van der Waals surface area contributed by atoms with Gasteiger partial charge in [0.2, 0.25) is 0 Å². The number of nitrogens with zero attached hydrogens (tertiary/aromatic N) is 3. The smallest absolute Gasteiger partial charge is 0.433 e. The zero-order valence-corrected chi connectivity index (χ0v) is 13.3. The van der Waals surface area contributed by atoms with Crippen molar-refractivity contribution in [2.24, 2.45) is 0 Å². The average Bonchev–Trinajstić information content (AvgIpc) is 3.03. The van der Waals surface area contributed by atoms with Gasteiger partial charge >= 0.3 is 12.1 Å². The molecule has 6 nitrogen and oxygen atoms in total. The Morgan fingerprint density at radius 2 is 2.00 bits per heavy atom. The summed E-state index contributed by atoms with van der Waals surface area (Å²) < 4.78 is 39.7. The van der Waals surface area contributed by atoms with Crippen molar-refractivity contribution in [1.82, 2.24) is 14.7 Å². The number of aliphatic carboxylic acids is 1. The van der Waals surface area contributed by atoms with Crippen molar-refractivity contribution in [2.75, 3.05) is 13.1 Å². The number of carbonyl (C=O) groups excluding carboxylic acids is 1. The van der Waals surface area contributed by atoms with Crippen molar-refractivity contribution in [3.63, 3.8) is 0 Å². The Morgan fingerprint density at radius 1 is 1.28 bits per heavy atom. The average molecular weight is 355 g/mol. The van der Waals surface area contributed by atoms with E-state index in [9.17, 15) is 22.8 Å². The highest BCUT2D eigenvalue weighted by molar-refractivity contribution is 5.96. The Labute approximate surface area is 141 Å². The molecular formula is C16H16F3N3O3. The third-order valence-corrected chi connectivity index (χ3v) is 3.38.